The van der Waals surface area contributed by atoms with Crippen LogP contribution in [-0.4, -0.2) is 19.0 Å². The predicted molar refractivity (Wildman–Crippen MR) is 99.3 cm³/mol. The van der Waals surface area contributed by atoms with Gasteiger partial charge in [-0.15, -0.1) is 0 Å². The Hall–Kier alpha value is -1.31. The second-order valence-electron chi connectivity index (χ2n) is 6.66. The highest BCUT2D eigenvalue weighted by Gasteiger charge is 2.09. The number of benzene rings is 1. The Kier molecular flexibility index (Phi) is 8.83. The molecular formula is C21H33NO. The highest BCUT2D eigenvalue weighted by Crippen LogP contribution is 2.14. The second-order valence-corrected chi connectivity index (χ2v) is 6.66. The number of unbranched alkanes of at least 4 members (excludes halogenated alkanes) is 9. The van der Waals surface area contributed by atoms with Crippen LogP contribution in [0.25, 0.3) is 0 Å². The zero-order valence-electron chi connectivity index (χ0n) is 14.9. The van der Waals surface area contributed by atoms with Crippen molar-refractivity contribution in [1.82, 2.24) is 0 Å². The Bertz CT molecular complexity index is 449. The lowest BCUT2D eigenvalue weighted by Gasteiger charge is -2.05. The molecule has 0 fully saturated rings. The van der Waals surface area contributed by atoms with Gasteiger partial charge >= 0.3 is 0 Å². The Balaban J connectivity index is 1.49. The molecule has 0 saturated heterocycles. The molecule has 1 aromatic carbocycles. The largest absolute Gasteiger partial charge is 0.476 e. The number of aryl methyl sites for hydroxylation is 1. The number of hydrogen-bond acceptors (Lipinski definition) is 2. The number of nitrogens with zero attached hydrogens (tertiary/aromatic N) is 1. The summed E-state index contributed by atoms with van der Waals surface area (Å²) in [6.45, 7) is 3.82. The first-order valence-corrected chi connectivity index (χ1v) is 9.66. The van der Waals surface area contributed by atoms with Crippen molar-refractivity contribution in [2.24, 2.45) is 4.99 Å². The fraction of sp³-hybridized carbons (Fsp3) is 0.667. The summed E-state index contributed by atoms with van der Waals surface area (Å²) in [4.78, 5) is 4.36. The minimum atomic E-state index is 0.732. The van der Waals surface area contributed by atoms with Gasteiger partial charge in [0.2, 0.25) is 5.90 Å². The first-order chi connectivity index (χ1) is 11.4. The fourth-order valence-corrected chi connectivity index (χ4v) is 3.14. The van der Waals surface area contributed by atoms with Crippen molar-refractivity contribution in [3.63, 3.8) is 0 Å². The Morgan fingerprint density at radius 2 is 1.43 bits per heavy atom. The van der Waals surface area contributed by atoms with Crippen LogP contribution in [0.1, 0.15) is 82.3 Å². The Morgan fingerprint density at radius 1 is 0.826 bits per heavy atom. The molecule has 1 aromatic rings. The van der Waals surface area contributed by atoms with Crippen LogP contribution >= 0.6 is 0 Å². The van der Waals surface area contributed by atoms with Crippen LogP contribution in [-0.2, 0) is 11.2 Å². The molecule has 0 unspecified atom stereocenters. The van der Waals surface area contributed by atoms with Gasteiger partial charge in [0.1, 0.15) is 6.61 Å². The molecule has 2 nitrogen and oxygen atoms in total. The molecule has 2 rings (SSSR count). The molecule has 1 aliphatic rings. The monoisotopic (exact) mass is 315 g/mol. The van der Waals surface area contributed by atoms with Crippen LogP contribution in [0.4, 0.5) is 0 Å². The molecule has 128 valence electrons. The quantitative estimate of drug-likeness (QED) is 0.438. The summed E-state index contributed by atoms with van der Waals surface area (Å²) >= 11 is 0. The first-order valence-electron chi connectivity index (χ1n) is 9.66. The van der Waals surface area contributed by atoms with Gasteiger partial charge in [-0.2, -0.15) is 0 Å². The van der Waals surface area contributed by atoms with E-state index in [2.05, 4.69) is 36.2 Å². The lowest BCUT2D eigenvalue weighted by molar-refractivity contribution is 0.348. The van der Waals surface area contributed by atoms with Crippen molar-refractivity contribution < 1.29 is 4.74 Å². The molecule has 0 aromatic heterocycles. The van der Waals surface area contributed by atoms with Crippen molar-refractivity contribution in [2.75, 3.05) is 13.2 Å². The summed E-state index contributed by atoms with van der Waals surface area (Å²) in [6, 6.07) is 8.76. The lowest BCUT2D eigenvalue weighted by Crippen LogP contribution is -2.00. The van der Waals surface area contributed by atoms with E-state index in [1.54, 1.807) is 0 Å². The molecule has 0 bridgehead atoms. The number of rotatable bonds is 12. The molecule has 0 atom stereocenters. The van der Waals surface area contributed by atoms with Gasteiger partial charge in [-0.05, 0) is 30.5 Å². The maximum atomic E-state index is 5.50. The minimum Gasteiger partial charge on any atom is -0.476 e. The van der Waals surface area contributed by atoms with Gasteiger partial charge in [-0.1, -0.05) is 76.8 Å². The van der Waals surface area contributed by atoms with Gasteiger partial charge in [0.05, 0.1) is 6.54 Å². The first kappa shape index (κ1) is 18.0. The Labute approximate surface area is 142 Å². The van der Waals surface area contributed by atoms with E-state index >= 15 is 0 Å². The highest BCUT2D eigenvalue weighted by atomic mass is 16.5. The van der Waals surface area contributed by atoms with Gasteiger partial charge in [-0.25, -0.2) is 4.99 Å². The zero-order chi connectivity index (χ0) is 16.2. The van der Waals surface area contributed by atoms with Crippen LogP contribution in [0.5, 0.6) is 0 Å². The summed E-state index contributed by atoms with van der Waals surface area (Å²) in [6.07, 6.45) is 15.2. The van der Waals surface area contributed by atoms with Crippen molar-refractivity contribution in [2.45, 2.75) is 77.6 Å². The van der Waals surface area contributed by atoms with Crippen molar-refractivity contribution in [1.29, 1.82) is 0 Å². The van der Waals surface area contributed by atoms with Gasteiger partial charge in [0.15, 0.2) is 0 Å². The highest BCUT2D eigenvalue weighted by molar-refractivity contribution is 5.94. The van der Waals surface area contributed by atoms with E-state index in [0.717, 1.165) is 24.6 Å². The van der Waals surface area contributed by atoms with E-state index in [0.29, 0.717) is 0 Å². The van der Waals surface area contributed by atoms with E-state index in [4.69, 9.17) is 4.74 Å². The van der Waals surface area contributed by atoms with Crippen LogP contribution in [0.3, 0.4) is 0 Å². The van der Waals surface area contributed by atoms with Crippen LogP contribution in [0, 0.1) is 0 Å². The summed E-state index contributed by atoms with van der Waals surface area (Å²) in [5.74, 6) is 0.815. The molecule has 23 heavy (non-hydrogen) atoms. The third kappa shape index (κ3) is 7.20. The number of ether oxygens (including phenoxy) is 1. The molecule has 1 heterocycles. The smallest absolute Gasteiger partial charge is 0.216 e. The lowest BCUT2D eigenvalue weighted by atomic mass is 10.0. The van der Waals surface area contributed by atoms with Gasteiger partial charge in [0.25, 0.3) is 0 Å². The molecule has 0 spiro atoms. The molecule has 0 aliphatic carbocycles. The maximum Gasteiger partial charge on any atom is 0.216 e. The molecule has 1 aliphatic heterocycles. The maximum absolute atomic E-state index is 5.50. The predicted octanol–water partition coefficient (Wildman–Crippen LogP) is 5.93. The van der Waals surface area contributed by atoms with E-state index in [1.165, 1.54) is 76.2 Å². The normalized spacial score (nSPS) is 13.9. The van der Waals surface area contributed by atoms with Crippen molar-refractivity contribution in [3.05, 3.63) is 35.4 Å². The third-order valence-corrected chi connectivity index (χ3v) is 4.61. The number of aliphatic imine (C=N–C) groups is 1. The number of hydrogen-bond donors (Lipinski definition) is 0. The third-order valence-electron chi connectivity index (χ3n) is 4.61. The van der Waals surface area contributed by atoms with E-state index < -0.39 is 0 Å². The standard InChI is InChI=1S/C21H33NO/c1-2-3-4-5-6-7-8-9-10-11-12-19-13-15-20(16-14-19)21-22-17-18-23-21/h13-16H,2-12,17-18H2,1H3. The van der Waals surface area contributed by atoms with Crippen molar-refractivity contribution in [3.8, 4) is 0 Å². The molecule has 0 N–H and O–H groups in total. The van der Waals surface area contributed by atoms with Crippen LogP contribution < -0.4 is 0 Å². The average Bonchev–Trinajstić information content (AvgIpc) is 3.12. The minimum absolute atomic E-state index is 0.732. The average molecular weight is 316 g/mol. The molecular weight excluding hydrogens is 282 g/mol. The summed E-state index contributed by atoms with van der Waals surface area (Å²) in [7, 11) is 0. The van der Waals surface area contributed by atoms with Crippen LogP contribution in [0.15, 0.2) is 29.3 Å². The summed E-state index contributed by atoms with van der Waals surface area (Å²) in [5.41, 5.74) is 2.56. The van der Waals surface area contributed by atoms with Gasteiger partial charge in [0, 0.05) is 5.56 Å². The molecule has 0 saturated carbocycles. The van der Waals surface area contributed by atoms with E-state index in [-0.39, 0.29) is 0 Å². The second kappa shape index (κ2) is 11.3. The molecule has 2 heteroatoms. The molecule has 0 amide bonds. The van der Waals surface area contributed by atoms with Gasteiger partial charge in [-0.3, -0.25) is 0 Å². The van der Waals surface area contributed by atoms with E-state index in [1.807, 2.05) is 0 Å². The van der Waals surface area contributed by atoms with Gasteiger partial charge < -0.3 is 4.74 Å². The van der Waals surface area contributed by atoms with Crippen molar-refractivity contribution >= 4 is 5.90 Å². The fourth-order valence-electron chi connectivity index (χ4n) is 3.14. The Morgan fingerprint density at radius 3 is 2.00 bits per heavy atom. The summed E-state index contributed by atoms with van der Waals surface area (Å²) < 4.78 is 5.50. The summed E-state index contributed by atoms with van der Waals surface area (Å²) in [5, 5.41) is 0. The van der Waals surface area contributed by atoms with E-state index in [9.17, 15) is 0 Å². The van der Waals surface area contributed by atoms with Crippen LogP contribution in [0.2, 0.25) is 0 Å². The SMILES string of the molecule is CCCCCCCCCCCCc1ccc(C2=NCCO2)cc1. The molecule has 0 radical (unpaired) electrons. The topological polar surface area (TPSA) is 21.6 Å². The zero-order valence-corrected chi connectivity index (χ0v) is 14.9.